The number of pyridine rings is 1. The molecule has 0 N–H and O–H groups in total. The van der Waals surface area contributed by atoms with Gasteiger partial charge in [-0.15, -0.1) is 0 Å². The monoisotopic (exact) mass is 253 g/mol. The van der Waals surface area contributed by atoms with E-state index < -0.39 is 0 Å². The molecule has 1 aromatic heterocycles. The predicted octanol–water partition coefficient (Wildman–Crippen LogP) is 4.49. The molecule has 0 radical (unpaired) electrons. The summed E-state index contributed by atoms with van der Waals surface area (Å²) in [7, 11) is 0. The molecule has 1 heterocycles. The normalized spacial score (nSPS) is 10.2. The van der Waals surface area contributed by atoms with Gasteiger partial charge < -0.3 is 4.74 Å². The number of hydrogen-bond acceptors (Lipinski definition) is 2. The van der Waals surface area contributed by atoms with Crippen LogP contribution < -0.4 is 4.74 Å². The summed E-state index contributed by atoms with van der Waals surface area (Å²) < 4.78 is 5.59. The van der Waals surface area contributed by atoms with Crippen molar-refractivity contribution in [2.45, 2.75) is 6.92 Å². The third-order valence-corrected chi connectivity index (χ3v) is 2.52. The van der Waals surface area contributed by atoms with Gasteiger partial charge in [0, 0.05) is 17.3 Å². The molecule has 2 nitrogen and oxygen atoms in total. The summed E-state index contributed by atoms with van der Waals surface area (Å²) >= 11 is 11.6. The highest BCUT2D eigenvalue weighted by atomic mass is 35.5. The maximum absolute atomic E-state index is 5.89. The van der Waals surface area contributed by atoms with Gasteiger partial charge in [-0.25, -0.2) is 4.98 Å². The first-order valence-corrected chi connectivity index (χ1v) is 5.46. The van der Waals surface area contributed by atoms with Crippen molar-refractivity contribution in [3.8, 4) is 11.6 Å². The smallest absolute Gasteiger partial charge is 0.219 e. The van der Waals surface area contributed by atoms with Crippen LogP contribution in [0.15, 0.2) is 36.5 Å². The minimum absolute atomic E-state index is 0.495. The molecule has 82 valence electrons. The molecule has 4 heteroatoms. The lowest BCUT2D eigenvalue weighted by Crippen LogP contribution is -1.89. The maximum atomic E-state index is 5.89. The zero-order valence-electron chi connectivity index (χ0n) is 8.58. The highest BCUT2D eigenvalue weighted by molar-refractivity contribution is 6.30. The Hall–Kier alpha value is -1.25. The first-order valence-electron chi connectivity index (χ1n) is 4.71. The Kier molecular flexibility index (Phi) is 3.32. The standard InChI is InChI=1S/C12H9Cl2NO/c1-8-2-3-9(13)6-11(8)16-12-5-4-10(14)7-15-12/h2-7H,1H3. The van der Waals surface area contributed by atoms with Crippen LogP contribution in [0.3, 0.4) is 0 Å². The van der Waals surface area contributed by atoms with Crippen LogP contribution in [-0.4, -0.2) is 4.98 Å². The van der Waals surface area contributed by atoms with E-state index in [1.165, 1.54) is 6.20 Å². The van der Waals surface area contributed by atoms with Gasteiger partial charge in [0.1, 0.15) is 5.75 Å². The van der Waals surface area contributed by atoms with Crippen molar-refractivity contribution < 1.29 is 4.74 Å². The molecule has 0 fully saturated rings. The molecule has 0 atom stereocenters. The highest BCUT2D eigenvalue weighted by Gasteiger charge is 2.03. The van der Waals surface area contributed by atoms with E-state index in [1.807, 2.05) is 19.1 Å². The Morgan fingerprint density at radius 2 is 1.81 bits per heavy atom. The molecule has 0 saturated heterocycles. The molecular formula is C12H9Cl2NO. The lowest BCUT2D eigenvalue weighted by molar-refractivity contribution is 0.459. The van der Waals surface area contributed by atoms with Crippen molar-refractivity contribution in [1.82, 2.24) is 4.98 Å². The van der Waals surface area contributed by atoms with Gasteiger partial charge in [0.15, 0.2) is 0 Å². The molecule has 16 heavy (non-hydrogen) atoms. The van der Waals surface area contributed by atoms with Crippen LogP contribution in [0.25, 0.3) is 0 Å². The minimum Gasteiger partial charge on any atom is -0.439 e. The number of ether oxygens (including phenoxy) is 1. The number of aryl methyl sites for hydroxylation is 1. The van der Waals surface area contributed by atoms with E-state index in [4.69, 9.17) is 27.9 Å². The highest BCUT2D eigenvalue weighted by Crippen LogP contribution is 2.27. The Morgan fingerprint density at radius 1 is 1.06 bits per heavy atom. The summed E-state index contributed by atoms with van der Waals surface area (Å²) in [5.41, 5.74) is 1.00. The minimum atomic E-state index is 0.495. The van der Waals surface area contributed by atoms with Gasteiger partial charge in [0.2, 0.25) is 5.88 Å². The largest absolute Gasteiger partial charge is 0.439 e. The van der Waals surface area contributed by atoms with Gasteiger partial charge in [-0.3, -0.25) is 0 Å². The molecule has 0 amide bonds. The van der Waals surface area contributed by atoms with E-state index in [9.17, 15) is 0 Å². The van der Waals surface area contributed by atoms with Crippen LogP contribution in [0, 0.1) is 6.92 Å². The Balaban J connectivity index is 2.26. The molecular weight excluding hydrogens is 245 g/mol. The number of benzene rings is 1. The molecule has 0 saturated carbocycles. The first kappa shape index (κ1) is 11.2. The van der Waals surface area contributed by atoms with E-state index >= 15 is 0 Å². The average Bonchev–Trinajstić information content (AvgIpc) is 2.27. The van der Waals surface area contributed by atoms with E-state index in [1.54, 1.807) is 18.2 Å². The fraction of sp³-hybridized carbons (Fsp3) is 0.0833. The SMILES string of the molecule is Cc1ccc(Cl)cc1Oc1ccc(Cl)cn1. The third-order valence-electron chi connectivity index (χ3n) is 2.06. The van der Waals surface area contributed by atoms with Crippen molar-refractivity contribution in [3.05, 3.63) is 52.1 Å². The molecule has 2 rings (SSSR count). The average molecular weight is 254 g/mol. The van der Waals surface area contributed by atoms with Gasteiger partial charge in [0.25, 0.3) is 0 Å². The number of nitrogens with zero attached hydrogens (tertiary/aromatic N) is 1. The van der Waals surface area contributed by atoms with E-state index in [0.29, 0.717) is 21.7 Å². The van der Waals surface area contributed by atoms with Crippen molar-refractivity contribution in [1.29, 1.82) is 0 Å². The molecule has 0 aliphatic carbocycles. The fourth-order valence-corrected chi connectivity index (χ4v) is 1.49. The van der Waals surface area contributed by atoms with Crippen LogP contribution in [0.5, 0.6) is 11.6 Å². The maximum Gasteiger partial charge on any atom is 0.219 e. The molecule has 0 bridgehead atoms. The van der Waals surface area contributed by atoms with Gasteiger partial charge >= 0.3 is 0 Å². The van der Waals surface area contributed by atoms with Gasteiger partial charge in [-0.05, 0) is 30.7 Å². The Bertz CT molecular complexity index is 497. The van der Waals surface area contributed by atoms with Gasteiger partial charge in [0.05, 0.1) is 5.02 Å². The molecule has 1 aromatic carbocycles. The number of rotatable bonds is 2. The third kappa shape index (κ3) is 2.65. The first-order chi connectivity index (χ1) is 7.65. The van der Waals surface area contributed by atoms with Crippen molar-refractivity contribution in [3.63, 3.8) is 0 Å². The van der Waals surface area contributed by atoms with Crippen LogP contribution in [-0.2, 0) is 0 Å². The lowest BCUT2D eigenvalue weighted by atomic mass is 10.2. The zero-order valence-corrected chi connectivity index (χ0v) is 10.1. The van der Waals surface area contributed by atoms with Gasteiger partial charge in [-0.1, -0.05) is 29.3 Å². The summed E-state index contributed by atoms with van der Waals surface area (Å²) in [6.45, 7) is 1.95. The van der Waals surface area contributed by atoms with Crippen LogP contribution >= 0.6 is 23.2 Å². The zero-order chi connectivity index (χ0) is 11.5. The second kappa shape index (κ2) is 4.73. The topological polar surface area (TPSA) is 22.1 Å². The summed E-state index contributed by atoms with van der Waals surface area (Å²) in [6, 6.07) is 8.91. The summed E-state index contributed by atoms with van der Waals surface area (Å²) in [6.07, 6.45) is 1.54. The molecule has 0 spiro atoms. The molecule has 0 aliphatic rings. The van der Waals surface area contributed by atoms with Crippen molar-refractivity contribution in [2.24, 2.45) is 0 Å². The number of aromatic nitrogens is 1. The number of hydrogen-bond donors (Lipinski definition) is 0. The van der Waals surface area contributed by atoms with Crippen molar-refractivity contribution in [2.75, 3.05) is 0 Å². The van der Waals surface area contributed by atoms with Crippen LogP contribution in [0.2, 0.25) is 10.0 Å². The number of halogens is 2. The van der Waals surface area contributed by atoms with Gasteiger partial charge in [-0.2, -0.15) is 0 Å². The Labute approximate surface area is 104 Å². The second-order valence-corrected chi connectivity index (χ2v) is 4.20. The summed E-state index contributed by atoms with van der Waals surface area (Å²) in [5.74, 6) is 1.19. The Morgan fingerprint density at radius 3 is 2.50 bits per heavy atom. The summed E-state index contributed by atoms with van der Waals surface area (Å²) in [5, 5.41) is 1.21. The summed E-state index contributed by atoms with van der Waals surface area (Å²) in [4.78, 5) is 4.05. The molecule has 0 unspecified atom stereocenters. The van der Waals surface area contributed by atoms with Crippen molar-refractivity contribution >= 4 is 23.2 Å². The van der Waals surface area contributed by atoms with E-state index in [0.717, 1.165) is 5.56 Å². The lowest BCUT2D eigenvalue weighted by Gasteiger charge is -2.07. The van der Waals surface area contributed by atoms with Crippen LogP contribution in [0.1, 0.15) is 5.56 Å². The van der Waals surface area contributed by atoms with E-state index in [2.05, 4.69) is 4.98 Å². The predicted molar refractivity (Wildman–Crippen MR) is 65.5 cm³/mol. The second-order valence-electron chi connectivity index (χ2n) is 3.33. The fourth-order valence-electron chi connectivity index (χ4n) is 1.22. The van der Waals surface area contributed by atoms with E-state index in [-0.39, 0.29) is 0 Å². The quantitative estimate of drug-likeness (QED) is 0.787. The molecule has 2 aromatic rings. The molecule has 0 aliphatic heterocycles. The van der Waals surface area contributed by atoms with Crippen LogP contribution in [0.4, 0.5) is 0 Å².